The Hall–Kier alpha value is -1.26. The molecule has 1 aromatic rings. The van der Waals surface area contributed by atoms with E-state index in [1.165, 1.54) is 0 Å². The summed E-state index contributed by atoms with van der Waals surface area (Å²) >= 11 is 0. The minimum Gasteiger partial charge on any atom is -0.494 e. The van der Waals surface area contributed by atoms with Gasteiger partial charge < -0.3 is 14.6 Å². The quantitative estimate of drug-likeness (QED) is 0.801. The van der Waals surface area contributed by atoms with Crippen molar-refractivity contribution in [3.05, 3.63) is 24.3 Å². The molecule has 0 aromatic heterocycles. The zero-order valence-electron chi connectivity index (χ0n) is 13.8. The molecule has 1 aliphatic heterocycles. The van der Waals surface area contributed by atoms with Gasteiger partial charge in [-0.1, -0.05) is 13.8 Å². The summed E-state index contributed by atoms with van der Waals surface area (Å²) in [5, 5.41) is 9.75. The van der Waals surface area contributed by atoms with Crippen molar-refractivity contribution in [1.82, 2.24) is 4.90 Å². The standard InChI is InChI=1S/C18H29NO3/c1-3-12-21-17-5-7-18(8-6-17)22-13-11-19-10-9-16(20)14-15(19)4-2/h5-8,15-16,20H,3-4,9-14H2,1-2H3/t15-,16-/m0/s1. The molecule has 1 aliphatic rings. The molecule has 0 saturated carbocycles. The number of hydrogen-bond acceptors (Lipinski definition) is 4. The van der Waals surface area contributed by atoms with Gasteiger partial charge in [-0.3, -0.25) is 4.90 Å². The van der Waals surface area contributed by atoms with Gasteiger partial charge in [-0.25, -0.2) is 0 Å². The van der Waals surface area contributed by atoms with Crippen molar-refractivity contribution in [3.63, 3.8) is 0 Å². The number of aliphatic hydroxyl groups is 1. The number of nitrogens with zero attached hydrogens (tertiary/aromatic N) is 1. The van der Waals surface area contributed by atoms with Crippen LogP contribution in [0.25, 0.3) is 0 Å². The van der Waals surface area contributed by atoms with Crippen molar-refractivity contribution in [3.8, 4) is 11.5 Å². The Labute approximate surface area is 134 Å². The van der Waals surface area contributed by atoms with Crippen molar-refractivity contribution >= 4 is 0 Å². The van der Waals surface area contributed by atoms with E-state index in [-0.39, 0.29) is 6.10 Å². The van der Waals surface area contributed by atoms with E-state index in [9.17, 15) is 5.11 Å². The number of aliphatic hydroxyl groups excluding tert-OH is 1. The van der Waals surface area contributed by atoms with Crippen molar-refractivity contribution in [2.45, 2.75) is 51.7 Å². The lowest BCUT2D eigenvalue weighted by molar-refractivity contribution is 0.0333. The maximum Gasteiger partial charge on any atom is 0.119 e. The molecule has 0 bridgehead atoms. The van der Waals surface area contributed by atoms with E-state index in [4.69, 9.17) is 9.47 Å². The van der Waals surface area contributed by atoms with Gasteiger partial charge in [0.15, 0.2) is 0 Å². The van der Waals surface area contributed by atoms with Crippen LogP contribution in [-0.4, -0.2) is 48.5 Å². The zero-order chi connectivity index (χ0) is 15.8. The summed E-state index contributed by atoms with van der Waals surface area (Å²) < 4.78 is 11.4. The molecular weight excluding hydrogens is 278 g/mol. The molecule has 1 heterocycles. The van der Waals surface area contributed by atoms with Crippen LogP contribution >= 0.6 is 0 Å². The number of benzene rings is 1. The molecule has 124 valence electrons. The van der Waals surface area contributed by atoms with Gasteiger partial charge in [0.1, 0.15) is 18.1 Å². The molecule has 0 spiro atoms. The first-order valence-corrected chi connectivity index (χ1v) is 8.50. The molecule has 0 aliphatic carbocycles. The Kier molecular flexibility index (Phi) is 7.00. The van der Waals surface area contributed by atoms with Crippen molar-refractivity contribution < 1.29 is 14.6 Å². The van der Waals surface area contributed by atoms with Crippen LogP contribution in [0.4, 0.5) is 0 Å². The van der Waals surface area contributed by atoms with Crippen LogP contribution < -0.4 is 9.47 Å². The normalized spacial score (nSPS) is 22.5. The summed E-state index contributed by atoms with van der Waals surface area (Å²) in [6.45, 7) is 7.60. The predicted octanol–water partition coefficient (Wildman–Crippen LogP) is 3.09. The second-order valence-electron chi connectivity index (χ2n) is 5.94. The molecular formula is C18H29NO3. The van der Waals surface area contributed by atoms with E-state index in [0.29, 0.717) is 12.6 Å². The smallest absolute Gasteiger partial charge is 0.119 e. The Morgan fingerprint density at radius 3 is 2.32 bits per heavy atom. The molecule has 1 N–H and O–H groups in total. The second kappa shape index (κ2) is 9.01. The lowest BCUT2D eigenvalue weighted by atomic mass is 9.98. The summed E-state index contributed by atoms with van der Waals surface area (Å²) in [5.74, 6) is 1.78. The van der Waals surface area contributed by atoms with Gasteiger partial charge in [-0.15, -0.1) is 0 Å². The van der Waals surface area contributed by atoms with Gasteiger partial charge in [-0.05, 0) is 49.9 Å². The van der Waals surface area contributed by atoms with Crippen LogP contribution in [0.15, 0.2) is 24.3 Å². The molecule has 0 radical (unpaired) electrons. The Morgan fingerprint density at radius 1 is 1.09 bits per heavy atom. The van der Waals surface area contributed by atoms with E-state index in [1.54, 1.807) is 0 Å². The number of hydrogen-bond donors (Lipinski definition) is 1. The maximum atomic E-state index is 9.75. The Balaban J connectivity index is 1.73. The SMILES string of the molecule is CCCOc1ccc(OCCN2CC[C@H](O)C[C@@H]2CC)cc1. The van der Waals surface area contributed by atoms with Crippen molar-refractivity contribution in [2.75, 3.05) is 26.3 Å². The first-order valence-electron chi connectivity index (χ1n) is 8.50. The first-order chi connectivity index (χ1) is 10.7. The number of rotatable bonds is 8. The largest absolute Gasteiger partial charge is 0.494 e. The van der Waals surface area contributed by atoms with Gasteiger partial charge in [0.2, 0.25) is 0 Å². The molecule has 1 saturated heterocycles. The average Bonchev–Trinajstić information content (AvgIpc) is 2.55. The molecule has 1 aromatic carbocycles. The third-order valence-corrected chi connectivity index (χ3v) is 4.23. The topological polar surface area (TPSA) is 41.9 Å². The third-order valence-electron chi connectivity index (χ3n) is 4.23. The molecule has 0 unspecified atom stereocenters. The monoisotopic (exact) mass is 307 g/mol. The lowest BCUT2D eigenvalue weighted by Gasteiger charge is -2.37. The van der Waals surface area contributed by atoms with Crippen LogP contribution in [-0.2, 0) is 0 Å². The van der Waals surface area contributed by atoms with Crippen LogP contribution in [0.3, 0.4) is 0 Å². The fraction of sp³-hybridized carbons (Fsp3) is 0.667. The first kappa shape index (κ1) is 17.1. The summed E-state index contributed by atoms with van der Waals surface area (Å²) in [4.78, 5) is 2.44. The average molecular weight is 307 g/mol. The number of ether oxygens (including phenoxy) is 2. The summed E-state index contributed by atoms with van der Waals surface area (Å²) in [6, 6.07) is 8.32. The van der Waals surface area contributed by atoms with Crippen molar-refractivity contribution in [2.24, 2.45) is 0 Å². The fourth-order valence-corrected chi connectivity index (χ4v) is 2.93. The van der Waals surface area contributed by atoms with Gasteiger partial charge >= 0.3 is 0 Å². The molecule has 22 heavy (non-hydrogen) atoms. The lowest BCUT2D eigenvalue weighted by Crippen LogP contribution is -2.45. The zero-order valence-corrected chi connectivity index (χ0v) is 13.8. The highest BCUT2D eigenvalue weighted by molar-refractivity contribution is 5.31. The summed E-state index contributed by atoms with van der Waals surface area (Å²) in [5.41, 5.74) is 0. The molecule has 2 atom stereocenters. The fourth-order valence-electron chi connectivity index (χ4n) is 2.93. The van der Waals surface area contributed by atoms with E-state index >= 15 is 0 Å². The van der Waals surface area contributed by atoms with Crippen LogP contribution in [0.2, 0.25) is 0 Å². The van der Waals surface area contributed by atoms with Gasteiger partial charge in [0, 0.05) is 19.1 Å². The third kappa shape index (κ3) is 5.18. The van der Waals surface area contributed by atoms with Gasteiger partial charge in [0.25, 0.3) is 0 Å². The summed E-state index contributed by atoms with van der Waals surface area (Å²) in [6.07, 6.45) is 3.74. The highest BCUT2D eigenvalue weighted by atomic mass is 16.5. The highest BCUT2D eigenvalue weighted by Gasteiger charge is 2.25. The Bertz CT molecular complexity index is 421. The van der Waals surface area contributed by atoms with Gasteiger partial charge in [-0.2, -0.15) is 0 Å². The van der Waals surface area contributed by atoms with Crippen LogP contribution in [0.1, 0.15) is 39.5 Å². The minimum atomic E-state index is -0.127. The summed E-state index contributed by atoms with van der Waals surface area (Å²) in [7, 11) is 0. The molecule has 4 heteroatoms. The van der Waals surface area contributed by atoms with E-state index < -0.39 is 0 Å². The highest BCUT2D eigenvalue weighted by Crippen LogP contribution is 2.21. The number of piperidine rings is 1. The number of likely N-dealkylation sites (tertiary alicyclic amines) is 1. The van der Waals surface area contributed by atoms with Crippen LogP contribution in [0, 0.1) is 0 Å². The van der Waals surface area contributed by atoms with Crippen molar-refractivity contribution in [1.29, 1.82) is 0 Å². The van der Waals surface area contributed by atoms with E-state index in [1.807, 2.05) is 24.3 Å². The Morgan fingerprint density at radius 2 is 1.73 bits per heavy atom. The molecule has 4 nitrogen and oxygen atoms in total. The molecule has 0 amide bonds. The van der Waals surface area contributed by atoms with Crippen LogP contribution in [0.5, 0.6) is 11.5 Å². The maximum absolute atomic E-state index is 9.75. The van der Waals surface area contributed by atoms with E-state index in [2.05, 4.69) is 18.7 Å². The molecule has 2 rings (SSSR count). The second-order valence-corrected chi connectivity index (χ2v) is 5.94. The van der Waals surface area contributed by atoms with E-state index in [0.717, 1.165) is 56.9 Å². The predicted molar refractivity (Wildman–Crippen MR) is 88.6 cm³/mol. The van der Waals surface area contributed by atoms with Gasteiger partial charge in [0.05, 0.1) is 12.7 Å². The molecule has 1 fully saturated rings. The minimum absolute atomic E-state index is 0.127.